The van der Waals surface area contributed by atoms with Crippen molar-refractivity contribution in [1.82, 2.24) is 4.31 Å². The number of nitrogens with zero attached hydrogens (tertiary/aromatic N) is 1. The Morgan fingerprint density at radius 2 is 1.52 bits per heavy atom. The second kappa shape index (κ2) is 9.32. The Balaban J connectivity index is 1.83. The molecule has 3 aromatic rings. The summed E-state index contributed by atoms with van der Waals surface area (Å²) < 4.78 is 32.5. The number of aryl methyl sites for hydroxylation is 2. The van der Waals surface area contributed by atoms with Gasteiger partial charge in [0, 0.05) is 30.4 Å². The third kappa shape index (κ3) is 5.31. The quantitative estimate of drug-likeness (QED) is 0.594. The van der Waals surface area contributed by atoms with E-state index >= 15 is 0 Å². The van der Waals surface area contributed by atoms with Crippen LogP contribution < -0.4 is 10.1 Å². The van der Waals surface area contributed by atoms with E-state index in [1.54, 1.807) is 42.5 Å². The summed E-state index contributed by atoms with van der Waals surface area (Å²) in [5, 5.41) is 2.85. The fourth-order valence-electron chi connectivity index (χ4n) is 3.10. The monoisotopic (exact) mass is 438 g/mol. The van der Waals surface area contributed by atoms with E-state index in [0.717, 1.165) is 11.1 Å². The fraction of sp³-hybridized carbons (Fsp3) is 0.208. The van der Waals surface area contributed by atoms with Gasteiger partial charge in [-0.15, -0.1) is 0 Å². The van der Waals surface area contributed by atoms with Crippen LogP contribution in [0.15, 0.2) is 71.6 Å². The lowest BCUT2D eigenvalue weighted by molar-refractivity contribution is 0.102. The summed E-state index contributed by atoms with van der Waals surface area (Å²) in [6.07, 6.45) is 0. The number of rotatable bonds is 7. The maximum Gasteiger partial charge on any atom is 0.255 e. The molecule has 0 spiro atoms. The van der Waals surface area contributed by atoms with Crippen molar-refractivity contribution in [2.24, 2.45) is 0 Å². The highest BCUT2D eigenvalue weighted by Gasteiger charge is 2.22. The molecule has 162 valence electrons. The lowest BCUT2D eigenvalue weighted by Crippen LogP contribution is -2.27. The van der Waals surface area contributed by atoms with Crippen molar-refractivity contribution >= 4 is 21.6 Å². The average molecular weight is 439 g/mol. The van der Waals surface area contributed by atoms with Gasteiger partial charge in [-0.25, -0.2) is 8.42 Å². The van der Waals surface area contributed by atoms with Crippen molar-refractivity contribution in [2.75, 3.05) is 19.5 Å². The number of nitrogens with one attached hydrogen (secondary N) is 1. The average Bonchev–Trinajstić information content (AvgIpc) is 2.75. The molecule has 7 heteroatoms. The highest BCUT2D eigenvalue weighted by molar-refractivity contribution is 7.89. The van der Waals surface area contributed by atoms with Crippen LogP contribution in [0.1, 0.15) is 27.0 Å². The first kappa shape index (κ1) is 22.5. The van der Waals surface area contributed by atoms with Gasteiger partial charge in [-0.1, -0.05) is 35.4 Å². The molecule has 0 bridgehead atoms. The number of hydrogen-bond acceptors (Lipinski definition) is 4. The van der Waals surface area contributed by atoms with Crippen LogP contribution in [0.25, 0.3) is 0 Å². The first-order valence-electron chi connectivity index (χ1n) is 9.78. The largest absolute Gasteiger partial charge is 0.496 e. The minimum absolute atomic E-state index is 0.0606. The number of carbonyl (C=O) groups is 1. The molecule has 0 heterocycles. The van der Waals surface area contributed by atoms with Crippen LogP contribution in [-0.2, 0) is 16.6 Å². The molecule has 0 radical (unpaired) electrons. The number of carbonyl (C=O) groups excluding carboxylic acids is 1. The predicted molar refractivity (Wildman–Crippen MR) is 122 cm³/mol. The number of methoxy groups -OCH3 is 1. The molecular formula is C24H26N2O4S. The molecule has 0 fully saturated rings. The van der Waals surface area contributed by atoms with E-state index in [1.807, 2.05) is 38.1 Å². The van der Waals surface area contributed by atoms with Crippen molar-refractivity contribution in [3.8, 4) is 5.75 Å². The maximum absolute atomic E-state index is 12.9. The van der Waals surface area contributed by atoms with Gasteiger partial charge in [0.2, 0.25) is 10.0 Å². The fourth-order valence-corrected chi connectivity index (χ4v) is 4.25. The van der Waals surface area contributed by atoms with E-state index in [-0.39, 0.29) is 17.3 Å². The van der Waals surface area contributed by atoms with Crippen LogP contribution in [0, 0.1) is 13.8 Å². The molecular weight excluding hydrogens is 412 g/mol. The molecule has 0 atom stereocenters. The summed E-state index contributed by atoms with van der Waals surface area (Å²) >= 11 is 0. The molecule has 0 aliphatic carbocycles. The van der Waals surface area contributed by atoms with Crippen molar-refractivity contribution in [3.63, 3.8) is 0 Å². The van der Waals surface area contributed by atoms with Crippen LogP contribution in [0.4, 0.5) is 5.69 Å². The Hall–Kier alpha value is -3.16. The summed E-state index contributed by atoms with van der Waals surface area (Å²) in [5.41, 5.74) is 3.78. The highest BCUT2D eigenvalue weighted by Crippen LogP contribution is 2.25. The molecule has 6 nitrogen and oxygen atoms in total. The van der Waals surface area contributed by atoms with Gasteiger partial charge < -0.3 is 10.1 Å². The lowest BCUT2D eigenvalue weighted by Gasteiger charge is -2.19. The van der Waals surface area contributed by atoms with Crippen molar-refractivity contribution in [1.29, 1.82) is 0 Å². The molecule has 0 unspecified atom stereocenters. The van der Waals surface area contributed by atoms with Gasteiger partial charge in [0.15, 0.2) is 0 Å². The van der Waals surface area contributed by atoms with Gasteiger partial charge in [0.05, 0.1) is 12.0 Å². The number of sulfonamides is 1. The summed E-state index contributed by atoms with van der Waals surface area (Å²) in [6.45, 7) is 3.94. The molecule has 1 amide bonds. The first-order chi connectivity index (χ1) is 14.7. The van der Waals surface area contributed by atoms with Crippen molar-refractivity contribution < 1.29 is 17.9 Å². The minimum Gasteiger partial charge on any atom is -0.496 e. The van der Waals surface area contributed by atoms with Crippen LogP contribution in [0.3, 0.4) is 0 Å². The topological polar surface area (TPSA) is 75.7 Å². The summed E-state index contributed by atoms with van der Waals surface area (Å²) in [4.78, 5) is 12.9. The Kier molecular flexibility index (Phi) is 6.77. The van der Waals surface area contributed by atoms with E-state index in [4.69, 9.17) is 4.74 Å². The molecule has 0 aromatic heterocycles. The molecule has 0 saturated heterocycles. The van der Waals surface area contributed by atoms with Crippen molar-refractivity contribution in [2.45, 2.75) is 25.3 Å². The molecule has 0 aliphatic heterocycles. The Bertz CT molecular complexity index is 1170. The minimum atomic E-state index is -3.69. The van der Waals surface area contributed by atoms with Gasteiger partial charge in [0.1, 0.15) is 5.75 Å². The van der Waals surface area contributed by atoms with E-state index in [9.17, 15) is 13.2 Å². The Labute approximate surface area is 183 Å². The first-order valence-corrected chi connectivity index (χ1v) is 11.2. The molecule has 0 aliphatic rings. The van der Waals surface area contributed by atoms with E-state index in [2.05, 4.69) is 5.32 Å². The molecule has 31 heavy (non-hydrogen) atoms. The maximum atomic E-state index is 12.9. The van der Waals surface area contributed by atoms with Gasteiger partial charge in [-0.3, -0.25) is 4.79 Å². The van der Waals surface area contributed by atoms with Crippen LogP contribution in [0.5, 0.6) is 5.75 Å². The summed E-state index contributed by atoms with van der Waals surface area (Å²) in [5.74, 6) is 0.231. The van der Waals surface area contributed by atoms with Crippen LogP contribution in [0.2, 0.25) is 0 Å². The third-order valence-corrected chi connectivity index (χ3v) is 6.79. The number of benzene rings is 3. The summed E-state index contributed by atoms with van der Waals surface area (Å²) in [7, 11) is -0.667. The molecule has 0 saturated carbocycles. The number of hydrogen-bond donors (Lipinski definition) is 1. The van der Waals surface area contributed by atoms with E-state index < -0.39 is 10.0 Å². The lowest BCUT2D eigenvalue weighted by atomic mass is 10.1. The number of ether oxygens (including phenoxy) is 1. The SMILES string of the molecule is COc1ccc(C(=O)Nc2ccc(C)cc2)cc1CN(C)S(=O)(=O)c1ccc(C)cc1. The molecule has 1 N–H and O–H groups in total. The standard InChI is InChI=1S/C24H26N2O4S/c1-17-5-10-21(11-6-17)25-24(27)19-9-14-23(30-4)20(15-19)16-26(3)31(28,29)22-12-7-18(2)8-13-22/h5-15H,16H2,1-4H3,(H,25,27). The number of amides is 1. The zero-order valence-electron chi connectivity index (χ0n) is 18.0. The van der Waals surface area contributed by atoms with Crippen LogP contribution >= 0.6 is 0 Å². The summed E-state index contributed by atoms with van der Waals surface area (Å²) in [6, 6.07) is 19.2. The van der Waals surface area contributed by atoms with Gasteiger partial charge in [-0.2, -0.15) is 4.31 Å². The normalized spacial score (nSPS) is 11.4. The second-order valence-electron chi connectivity index (χ2n) is 7.42. The van der Waals surface area contributed by atoms with Gasteiger partial charge >= 0.3 is 0 Å². The zero-order valence-corrected chi connectivity index (χ0v) is 18.9. The second-order valence-corrected chi connectivity index (χ2v) is 9.47. The highest BCUT2D eigenvalue weighted by atomic mass is 32.2. The smallest absolute Gasteiger partial charge is 0.255 e. The zero-order chi connectivity index (χ0) is 22.6. The Morgan fingerprint density at radius 1 is 0.935 bits per heavy atom. The van der Waals surface area contributed by atoms with E-state index in [1.165, 1.54) is 18.5 Å². The van der Waals surface area contributed by atoms with Crippen LogP contribution in [-0.4, -0.2) is 32.8 Å². The number of anilines is 1. The Morgan fingerprint density at radius 3 is 2.10 bits per heavy atom. The molecule has 3 rings (SSSR count). The van der Waals surface area contributed by atoms with E-state index in [0.29, 0.717) is 22.6 Å². The van der Waals surface area contributed by atoms with Crippen molar-refractivity contribution in [3.05, 3.63) is 89.0 Å². The van der Waals surface area contributed by atoms with Gasteiger partial charge in [0.25, 0.3) is 5.91 Å². The third-order valence-electron chi connectivity index (χ3n) is 4.97. The van der Waals surface area contributed by atoms with Gasteiger partial charge in [-0.05, 0) is 56.3 Å². The molecule has 3 aromatic carbocycles. The predicted octanol–water partition coefficient (Wildman–Crippen LogP) is 4.39.